The van der Waals surface area contributed by atoms with Crippen LogP contribution >= 0.6 is 0 Å². The lowest BCUT2D eigenvalue weighted by molar-refractivity contribution is -0.200. The molecule has 0 fully saturated rings. The number of carboxylic acids is 1. The lowest BCUT2D eigenvalue weighted by atomic mass is 10.0. The van der Waals surface area contributed by atoms with Crippen LogP contribution in [-0.2, 0) is 33.4 Å². The molecule has 46 heavy (non-hydrogen) atoms. The van der Waals surface area contributed by atoms with Crippen molar-refractivity contribution in [3.05, 3.63) is 0 Å². The average Bonchev–Trinajstić information content (AvgIpc) is 3.03. The first-order valence-electron chi connectivity index (χ1n) is 19.1. The standard InChI is InChI=1S/C38H70O8/c1-3-5-7-9-11-13-15-17-19-21-23-25-27-29-35(41)44-33-38(46-37(43)32-31-34(39)40)45-36(42)30-28-26-24-22-20-18-16-14-12-10-8-6-4-2/h38H,3-33H2,1-2H3,(H,39,40). The molecule has 1 atom stereocenters. The number of aliphatic carboxylic acids is 1. The van der Waals surface area contributed by atoms with Crippen molar-refractivity contribution in [1.29, 1.82) is 0 Å². The predicted molar refractivity (Wildman–Crippen MR) is 184 cm³/mol. The monoisotopic (exact) mass is 655 g/mol. The van der Waals surface area contributed by atoms with Crippen LogP contribution < -0.4 is 0 Å². The fourth-order valence-corrected chi connectivity index (χ4v) is 5.52. The zero-order chi connectivity index (χ0) is 33.9. The van der Waals surface area contributed by atoms with Crippen LogP contribution in [0.4, 0.5) is 0 Å². The Balaban J connectivity index is 4.10. The Kier molecular flexibility index (Phi) is 32.6. The predicted octanol–water partition coefficient (Wildman–Crippen LogP) is 10.8. The fourth-order valence-electron chi connectivity index (χ4n) is 5.52. The molecule has 0 radical (unpaired) electrons. The van der Waals surface area contributed by atoms with E-state index in [0.29, 0.717) is 6.42 Å². The molecule has 0 saturated carbocycles. The van der Waals surface area contributed by atoms with Gasteiger partial charge >= 0.3 is 23.9 Å². The molecule has 0 aliphatic carbocycles. The van der Waals surface area contributed by atoms with E-state index in [2.05, 4.69) is 13.8 Å². The van der Waals surface area contributed by atoms with E-state index < -0.39 is 36.6 Å². The largest absolute Gasteiger partial charge is 0.481 e. The van der Waals surface area contributed by atoms with Gasteiger partial charge in [0.15, 0.2) is 6.61 Å². The van der Waals surface area contributed by atoms with Gasteiger partial charge in [0.2, 0.25) is 0 Å². The second-order valence-electron chi connectivity index (χ2n) is 13.0. The van der Waals surface area contributed by atoms with Crippen LogP contribution in [0.15, 0.2) is 0 Å². The number of carboxylic acid groups (broad SMARTS) is 1. The maximum atomic E-state index is 12.4. The van der Waals surface area contributed by atoms with E-state index in [9.17, 15) is 19.2 Å². The molecule has 1 N–H and O–H groups in total. The van der Waals surface area contributed by atoms with Gasteiger partial charge in [0.25, 0.3) is 6.29 Å². The van der Waals surface area contributed by atoms with Gasteiger partial charge in [0.05, 0.1) is 12.8 Å². The summed E-state index contributed by atoms with van der Waals surface area (Å²) in [7, 11) is 0. The van der Waals surface area contributed by atoms with Gasteiger partial charge in [-0.2, -0.15) is 0 Å². The minimum Gasteiger partial charge on any atom is -0.481 e. The molecule has 0 rings (SSSR count). The number of esters is 3. The molecule has 0 aromatic rings. The van der Waals surface area contributed by atoms with Crippen molar-refractivity contribution in [2.45, 2.75) is 213 Å². The summed E-state index contributed by atoms with van der Waals surface area (Å²) in [4.78, 5) is 47.5. The van der Waals surface area contributed by atoms with Gasteiger partial charge in [-0.3, -0.25) is 19.2 Å². The normalized spacial score (nSPS) is 11.7. The number of hydrogen-bond acceptors (Lipinski definition) is 7. The van der Waals surface area contributed by atoms with Gasteiger partial charge in [0.1, 0.15) is 0 Å². The van der Waals surface area contributed by atoms with Crippen molar-refractivity contribution < 1.29 is 38.5 Å². The Morgan fingerprint density at radius 2 is 0.717 bits per heavy atom. The van der Waals surface area contributed by atoms with Gasteiger partial charge in [0, 0.05) is 12.8 Å². The Labute approximate surface area is 281 Å². The highest BCUT2D eigenvalue weighted by Gasteiger charge is 2.21. The molecular formula is C38H70O8. The van der Waals surface area contributed by atoms with Crippen molar-refractivity contribution in [2.75, 3.05) is 6.61 Å². The van der Waals surface area contributed by atoms with Crippen LogP contribution in [0.3, 0.4) is 0 Å². The lowest BCUT2D eigenvalue weighted by Crippen LogP contribution is -2.30. The molecule has 0 aliphatic heterocycles. The molecule has 270 valence electrons. The summed E-state index contributed by atoms with van der Waals surface area (Å²) in [6, 6.07) is 0. The van der Waals surface area contributed by atoms with Gasteiger partial charge in [-0.05, 0) is 12.8 Å². The number of hydrogen-bond donors (Lipinski definition) is 1. The van der Waals surface area contributed by atoms with Crippen LogP contribution in [0.2, 0.25) is 0 Å². The summed E-state index contributed by atoms with van der Waals surface area (Å²) >= 11 is 0. The maximum absolute atomic E-state index is 12.4. The van der Waals surface area contributed by atoms with Crippen molar-refractivity contribution in [2.24, 2.45) is 0 Å². The molecule has 1 unspecified atom stereocenters. The van der Waals surface area contributed by atoms with Gasteiger partial charge < -0.3 is 19.3 Å². The first-order valence-corrected chi connectivity index (χ1v) is 19.1. The molecule has 0 aromatic heterocycles. The molecule has 0 aliphatic rings. The highest BCUT2D eigenvalue weighted by molar-refractivity contribution is 5.77. The van der Waals surface area contributed by atoms with E-state index in [4.69, 9.17) is 19.3 Å². The third-order valence-electron chi connectivity index (χ3n) is 8.42. The summed E-state index contributed by atoms with van der Waals surface area (Å²) in [6.45, 7) is 4.10. The lowest BCUT2D eigenvalue weighted by Gasteiger charge is -2.18. The smallest absolute Gasteiger partial charge is 0.309 e. The van der Waals surface area contributed by atoms with Gasteiger partial charge in [-0.1, -0.05) is 168 Å². The summed E-state index contributed by atoms with van der Waals surface area (Å²) in [5.74, 6) is -2.89. The third-order valence-corrected chi connectivity index (χ3v) is 8.42. The molecular weight excluding hydrogens is 584 g/mol. The number of unbranched alkanes of at least 4 members (excludes halogenated alkanes) is 24. The minimum absolute atomic E-state index is 0.188. The molecule has 0 saturated heterocycles. The summed E-state index contributed by atoms with van der Waals surface area (Å²) in [5, 5.41) is 8.82. The Bertz CT molecular complexity index is 738. The van der Waals surface area contributed by atoms with Crippen molar-refractivity contribution in [1.82, 2.24) is 0 Å². The second-order valence-corrected chi connectivity index (χ2v) is 13.0. The summed E-state index contributed by atoms with van der Waals surface area (Å²) < 4.78 is 15.7. The molecule has 0 heterocycles. The molecule has 0 spiro atoms. The summed E-state index contributed by atoms with van der Waals surface area (Å²) in [5.41, 5.74) is 0. The number of carbonyl (C=O) groups excluding carboxylic acids is 3. The molecule has 0 amide bonds. The molecule has 0 bridgehead atoms. The van der Waals surface area contributed by atoms with Crippen LogP contribution in [0.25, 0.3) is 0 Å². The zero-order valence-corrected chi connectivity index (χ0v) is 29.8. The topological polar surface area (TPSA) is 116 Å². The van der Waals surface area contributed by atoms with Crippen molar-refractivity contribution >= 4 is 23.9 Å². The van der Waals surface area contributed by atoms with E-state index in [1.807, 2.05) is 0 Å². The first kappa shape index (κ1) is 43.9. The van der Waals surface area contributed by atoms with Crippen LogP contribution in [0.1, 0.15) is 206 Å². The molecule has 0 aromatic carbocycles. The van der Waals surface area contributed by atoms with E-state index in [-0.39, 0.29) is 25.9 Å². The van der Waals surface area contributed by atoms with Crippen molar-refractivity contribution in [3.63, 3.8) is 0 Å². The first-order chi connectivity index (χ1) is 22.4. The average molecular weight is 655 g/mol. The van der Waals surface area contributed by atoms with Gasteiger partial charge in [-0.15, -0.1) is 0 Å². The van der Waals surface area contributed by atoms with Gasteiger partial charge in [-0.25, -0.2) is 0 Å². The fraction of sp³-hybridized carbons (Fsp3) is 0.895. The molecule has 8 heteroatoms. The third kappa shape index (κ3) is 33.2. The Morgan fingerprint density at radius 3 is 1.07 bits per heavy atom. The highest BCUT2D eigenvalue weighted by atomic mass is 16.7. The van der Waals surface area contributed by atoms with Crippen LogP contribution in [0.5, 0.6) is 0 Å². The van der Waals surface area contributed by atoms with Crippen LogP contribution in [-0.4, -0.2) is 41.9 Å². The van der Waals surface area contributed by atoms with E-state index in [1.165, 1.54) is 122 Å². The Morgan fingerprint density at radius 1 is 0.413 bits per heavy atom. The second kappa shape index (κ2) is 34.2. The summed E-state index contributed by atoms with van der Waals surface area (Å²) in [6.07, 6.45) is 29.8. The Hall–Kier alpha value is -2.12. The molecule has 8 nitrogen and oxygen atoms in total. The SMILES string of the molecule is CCCCCCCCCCCCCCCC(=O)OCC(OC(=O)CCCCCCCCCCCCCCC)OC(=O)CCC(=O)O. The maximum Gasteiger partial charge on any atom is 0.309 e. The van der Waals surface area contributed by atoms with E-state index >= 15 is 0 Å². The number of rotatable bonds is 35. The van der Waals surface area contributed by atoms with Crippen molar-refractivity contribution in [3.8, 4) is 0 Å². The zero-order valence-electron chi connectivity index (χ0n) is 29.8. The number of ether oxygens (including phenoxy) is 3. The van der Waals surface area contributed by atoms with E-state index in [0.717, 1.165) is 38.5 Å². The highest BCUT2D eigenvalue weighted by Crippen LogP contribution is 2.15. The number of carbonyl (C=O) groups is 4. The van der Waals surface area contributed by atoms with E-state index in [1.54, 1.807) is 0 Å². The minimum atomic E-state index is -1.37. The quantitative estimate of drug-likeness (QED) is 0.0407. The van der Waals surface area contributed by atoms with Crippen LogP contribution in [0, 0.1) is 0 Å².